The van der Waals surface area contributed by atoms with E-state index in [2.05, 4.69) is 35.6 Å². The molecule has 1 saturated carbocycles. The first-order valence-electron chi connectivity index (χ1n) is 10.4. The lowest BCUT2D eigenvalue weighted by atomic mass is 9.77. The van der Waals surface area contributed by atoms with Gasteiger partial charge in [-0.2, -0.15) is 0 Å². The number of unbranched alkanes of at least 4 members (excludes halogenated alkanes) is 1. The van der Waals surface area contributed by atoms with Crippen molar-refractivity contribution in [3.8, 4) is 5.75 Å². The monoisotopic (exact) mass is 381 g/mol. The Morgan fingerprint density at radius 2 is 1.68 bits per heavy atom. The van der Waals surface area contributed by atoms with Gasteiger partial charge in [0.25, 0.3) is 5.91 Å². The minimum atomic E-state index is -0.798. The number of aryl methyl sites for hydroxylation is 1. The molecule has 1 amide bonds. The molecule has 4 heteroatoms. The first-order valence-corrected chi connectivity index (χ1v) is 10.4. The van der Waals surface area contributed by atoms with E-state index in [-0.39, 0.29) is 18.2 Å². The molecule has 0 unspecified atom stereocenters. The number of nitrogens with one attached hydrogen (secondary N) is 1. The third kappa shape index (κ3) is 6.10. The predicted molar refractivity (Wildman–Crippen MR) is 111 cm³/mol. The summed E-state index contributed by atoms with van der Waals surface area (Å²) >= 11 is 0. The van der Waals surface area contributed by atoms with Gasteiger partial charge in [-0.3, -0.25) is 4.79 Å². The number of aromatic hydroxyl groups is 1. The van der Waals surface area contributed by atoms with Crippen molar-refractivity contribution in [3.05, 3.63) is 65.7 Å². The molecule has 0 aromatic heterocycles. The lowest BCUT2D eigenvalue weighted by Crippen LogP contribution is -2.45. The van der Waals surface area contributed by atoms with E-state index in [4.69, 9.17) is 0 Å². The lowest BCUT2D eigenvalue weighted by molar-refractivity contribution is -0.00867. The Morgan fingerprint density at radius 1 is 1.00 bits per heavy atom. The van der Waals surface area contributed by atoms with E-state index in [0.717, 1.165) is 32.1 Å². The number of benzene rings is 2. The minimum absolute atomic E-state index is 0.136. The molecule has 1 fully saturated rings. The van der Waals surface area contributed by atoms with Crippen molar-refractivity contribution in [2.75, 3.05) is 6.54 Å². The molecule has 0 aliphatic heterocycles. The highest BCUT2D eigenvalue weighted by Crippen LogP contribution is 2.34. The number of phenols is 1. The summed E-state index contributed by atoms with van der Waals surface area (Å²) < 4.78 is 0. The summed E-state index contributed by atoms with van der Waals surface area (Å²) in [5.41, 5.74) is 1.10. The molecule has 0 spiro atoms. The third-order valence-corrected chi connectivity index (χ3v) is 5.91. The fraction of sp³-hybridized carbons (Fsp3) is 0.458. The smallest absolute Gasteiger partial charge is 0.251 e. The van der Waals surface area contributed by atoms with Gasteiger partial charge in [-0.1, -0.05) is 43.2 Å². The number of hydrogen-bond donors (Lipinski definition) is 3. The number of phenolic OH excluding ortho intramolecular Hbond substituents is 1. The normalized spacial score (nSPS) is 22.0. The summed E-state index contributed by atoms with van der Waals surface area (Å²) in [6, 6.07) is 16.8. The van der Waals surface area contributed by atoms with Crippen LogP contribution >= 0.6 is 0 Å². The second kappa shape index (κ2) is 9.74. The van der Waals surface area contributed by atoms with Crippen molar-refractivity contribution < 1.29 is 15.0 Å². The van der Waals surface area contributed by atoms with Crippen LogP contribution in [-0.2, 0) is 6.42 Å². The fourth-order valence-electron chi connectivity index (χ4n) is 4.05. The molecular formula is C24H31NO3. The van der Waals surface area contributed by atoms with Crippen molar-refractivity contribution in [1.29, 1.82) is 0 Å². The number of rotatable bonds is 8. The molecule has 1 aliphatic carbocycles. The van der Waals surface area contributed by atoms with Gasteiger partial charge in [0.2, 0.25) is 0 Å². The van der Waals surface area contributed by atoms with E-state index >= 15 is 0 Å². The number of carbonyl (C=O) groups excluding carboxylic acids is 1. The van der Waals surface area contributed by atoms with Gasteiger partial charge >= 0.3 is 0 Å². The molecule has 0 heterocycles. The Balaban J connectivity index is 1.34. The minimum Gasteiger partial charge on any atom is -0.508 e. The Hall–Kier alpha value is -2.33. The Bertz CT molecular complexity index is 734. The molecule has 3 N–H and O–H groups in total. The summed E-state index contributed by atoms with van der Waals surface area (Å²) in [6.45, 7) is 0.285. The van der Waals surface area contributed by atoms with E-state index < -0.39 is 5.60 Å². The maximum atomic E-state index is 12.2. The maximum absolute atomic E-state index is 12.2. The quantitative estimate of drug-likeness (QED) is 0.592. The van der Waals surface area contributed by atoms with Crippen LogP contribution in [0.15, 0.2) is 54.6 Å². The highest BCUT2D eigenvalue weighted by atomic mass is 16.3. The highest BCUT2D eigenvalue weighted by Gasteiger charge is 2.33. The second-order valence-corrected chi connectivity index (χ2v) is 8.13. The van der Waals surface area contributed by atoms with E-state index in [0.29, 0.717) is 11.5 Å². The fourth-order valence-corrected chi connectivity index (χ4v) is 4.05. The molecule has 2 aromatic rings. The molecule has 4 nitrogen and oxygen atoms in total. The van der Waals surface area contributed by atoms with Crippen molar-refractivity contribution in [1.82, 2.24) is 5.32 Å². The van der Waals surface area contributed by atoms with Crippen molar-refractivity contribution in [2.45, 2.75) is 57.0 Å². The zero-order valence-electron chi connectivity index (χ0n) is 16.4. The van der Waals surface area contributed by atoms with Gasteiger partial charge in [0.15, 0.2) is 0 Å². The average Bonchev–Trinajstić information content (AvgIpc) is 2.72. The maximum Gasteiger partial charge on any atom is 0.251 e. The van der Waals surface area contributed by atoms with Crippen LogP contribution in [0.4, 0.5) is 0 Å². The van der Waals surface area contributed by atoms with Crippen molar-refractivity contribution >= 4 is 5.91 Å². The lowest BCUT2D eigenvalue weighted by Gasteiger charge is -2.36. The van der Waals surface area contributed by atoms with Crippen LogP contribution in [0.3, 0.4) is 0 Å². The number of aliphatic hydroxyl groups is 1. The van der Waals surface area contributed by atoms with Gasteiger partial charge in [0.05, 0.1) is 5.60 Å². The number of amides is 1. The van der Waals surface area contributed by atoms with Gasteiger partial charge in [-0.05, 0) is 74.3 Å². The zero-order chi connectivity index (χ0) is 19.8. The summed E-state index contributed by atoms with van der Waals surface area (Å²) in [6.07, 6.45) is 8.35. The highest BCUT2D eigenvalue weighted by molar-refractivity contribution is 5.94. The summed E-state index contributed by atoms with van der Waals surface area (Å²) in [5.74, 6) is 0.609. The van der Waals surface area contributed by atoms with E-state index in [1.807, 2.05) is 0 Å². The van der Waals surface area contributed by atoms with Gasteiger partial charge in [0, 0.05) is 12.1 Å². The predicted octanol–water partition coefficient (Wildman–Crippen LogP) is 4.46. The Labute approximate surface area is 167 Å². The molecular weight excluding hydrogens is 350 g/mol. The number of carbonyl (C=O) groups is 1. The topological polar surface area (TPSA) is 69.6 Å². The Morgan fingerprint density at radius 3 is 2.36 bits per heavy atom. The molecule has 0 radical (unpaired) electrons. The van der Waals surface area contributed by atoms with Crippen LogP contribution in [0, 0.1) is 5.92 Å². The summed E-state index contributed by atoms with van der Waals surface area (Å²) in [4.78, 5) is 12.2. The summed E-state index contributed by atoms with van der Waals surface area (Å²) in [7, 11) is 0. The first kappa shape index (κ1) is 20.4. The third-order valence-electron chi connectivity index (χ3n) is 5.91. The summed E-state index contributed by atoms with van der Waals surface area (Å²) in [5, 5.41) is 22.9. The first-order chi connectivity index (χ1) is 13.5. The van der Waals surface area contributed by atoms with Gasteiger partial charge in [0.1, 0.15) is 5.75 Å². The second-order valence-electron chi connectivity index (χ2n) is 8.13. The average molecular weight is 382 g/mol. The standard InChI is InChI=1S/C24H31NO3/c26-22-12-10-21(11-13-22)23(27)25-18-24(28)16-14-20(15-17-24)9-5-4-8-19-6-2-1-3-7-19/h1-3,6-7,10-13,20,26,28H,4-5,8-9,14-18H2,(H,25,27). The van der Waals surface area contributed by atoms with Crippen molar-refractivity contribution in [2.24, 2.45) is 5.92 Å². The van der Waals surface area contributed by atoms with E-state index in [1.165, 1.54) is 37.0 Å². The SMILES string of the molecule is O=C(NCC1(O)CCC(CCCCc2ccccc2)CC1)c1ccc(O)cc1. The molecule has 1 aliphatic rings. The number of hydrogen-bond acceptors (Lipinski definition) is 3. The molecule has 3 rings (SSSR count). The Kier molecular flexibility index (Phi) is 7.10. The van der Waals surface area contributed by atoms with Crippen molar-refractivity contribution in [3.63, 3.8) is 0 Å². The van der Waals surface area contributed by atoms with E-state index in [9.17, 15) is 15.0 Å². The largest absolute Gasteiger partial charge is 0.508 e. The van der Waals surface area contributed by atoms with Crippen LogP contribution in [0.5, 0.6) is 5.75 Å². The van der Waals surface area contributed by atoms with E-state index in [1.54, 1.807) is 12.1 Å². The molecule has 0 atom stereocenters. The molecule has 0 bridgehead atoms. The van der Waals surface area contributed by atoms with Crippen LogP contribution in [0.1, 0.15) is 60.9 Å². The molecule has 28 heavy (non-hydrogen) atoms. The van der Waals surface area contributed by atoms with Gasteiger partial charge < -0.3 is 15.5 Å². The zero-order valence-corrected chi connectivity index (χ0v) is 16.4. The van der Waals surface area contributed by atoms with Crippen LogP contribution in [0.25, 0.3) is 0 Å². The van der Waals surface area contributed by atoms with Gasteiger partial charge in [-0.25, -0.2) is 0 Å². The van der Waals surface area contributed by atoms with Crippen LogP contribution in [-0.4, -0.2) is 28.3 Å². The molecule has 2 aromatic carbocycles. The molecule has 150 valence electrons. The van der Waals surface area contributed by atoms with Crippen LogP contribution in [0.2, 0.25) is 0 Å². The molecule has 0 saturated heterocycles. The van der Waals surface area contributed by atoms with Crippen LogP contribution < -0.4 is 5.32 Å². The van der Waals surface area contributed by atoms with Gasteiger partial charge in [-0.15, -0.1) is 0 Å².